The van der Waals surface area contributed by atoms with Crippen molar-refractivity contribution in [2.45, 2.75) is 20.4 Å². The van der Waals surface area contributed by atoms with Crippen molar-refractivity contribution in [1.29, 1.82) is 0 Å². The maximum Gasteiger partial charge on any atom is 0.259 e. The molecule has 4 nitrogen and oxygen atoms in total. The summed E-state index contributed by atoms with van der Waals surface area (Å²) in [6.07, 6.45) is 0. The smallest absolute Gasteiger partial charge is 0.259 e. The molecule has 0 aliphatic carbocycles. The highest BCUT2D eigenvalue weighted by Gasteiger charge is 2.19. The van der Waals surface area contributed by atoms with Crippen molar-refractivity contribution < 1.29 is 9.18 Å². The molecule has 0 radical (unpaired) electrons. The molecule has 24 heavy (non-hydrogen) atoms. The molecule has 3 rings (SSSR count). The van der Waals surface area contributed by atoms with Gasteiger partial charge in [0.1, 0.15) is 5.82 Å². The number of hydrogen-bond donors (Lipinski definition) is 1. The molecule has 0 saturated carbocycles. The topological polar surface area (TPSA) is 46.9 Å². The molecular formula is C19H18FN3O. The molecule has 3 aromatic rings. The van der Waals surface area contributed by atoms with Gasteiger partial charge >= 0.3 is 0 Å². The lowest BCUT2D eigenvalue weighted by Crippen LogP contribution is -2.15. The van der Waals surface area contributed by atoms with Crippen molar-refractivity contribution in [3.8, 4) is 0 Å². The highest BCUT2D eigenvalue weighted by atomic mass is 19.1. The first-order chi connectivity index (χ1) is 11.6. The molecule has 0 atom stereocenters. The van der Waals surface area contributed by atoms with Crippen LogP contribution in [-0.4, -0.2) is 15.7 Å². The van der Waals surface area contributed by atoms with Gasteiger partial charge in [-0.2, -0.15) is 5.10 Å². The van der Waals surface area contributed by atoms with Gasteiger partial charge < -0.3 is 5.32 Å². The monoisotopic (exact) mass is 323 g/mol. The Balaban J connectivity index is 1.86. The van der Waals surface area contributed by atoms with Crippen LogP contribution in [0.25, 0.3) is 0 Å². The van der Waals surface area contributed by atoms with Crippen LogP contribution >= 0.6 is 0 Å². The van der Waals surface area contributed by atoms with Crippen molar-refractivity contribution in [3.63, 3.8) is 0 Å². The average Bonchev–Trinajstić information content (AvgIpc) is 2.84. The first-order valence-electron chi connectivity index (χ1n) is 7.70. The number of nitrogens with zero attached hydrogens (tertiary/aromatic N) is 2. The van der Waals surface area contributed by atoms with Crippen LogP contribution in [0.1, 0.15) is 27.3 Å². The fraction of sp³-hybridized carbons (Fsp3) is 0.158. The maximum atomic E-state index is 13.7. The third-order valence-corrected chi connectivity index (χ3v) is 3.91. The average molecular weight is 323 g/mol. The van der Waals surface area contributed by atoms with E-state index in [-0.39, 0.29) is 11.6 Å². The lowest BCUT2D eigenvalue weighted by atomic mass is 10.1. The summed E-state index contributed by atoms with van der Waals surface area (Å²) in [5, 5.41) is 7.07. The number of nitrogens with one attached hydrogen (secondary N) is 1. The normalized spacial score (nSPS) is 10.6. The lowest BCUT2D eigenvalue weighted by Gasteiger charge is -2.07. The van der Waals surface area contributed by atoms with Gasteiger partial charge in [-0.1, -0.05) is 42.5 Å². The summed E-state index contributed by atoms with van der Waals surface area (Å²) >= 11 is 0. The predicted molar refractivity (Wildman–Crippen MR) is 91.6 cm³/mol. The van der Waals surface area contributed by atoms with Gasteiger partial charge in [0.05, 0.1) is 23.5 Å². The molecule has 2 aromatic carbocycles. The van der Waals surface area contributed by atoms with Gasteiger partial charge in [0.2, 0.25) is 0 Å². The minimum atomic E-state index is -0.460. The van der Waals surface area contributed by atoms with E-state index < -0.39 is 5.82 Å². The van der Waals surface area contributed by atoms with E-state index in [2.05, 4.69) is 10.4 Å². The van der Waals surface area contributed by atoms with Crippen LogP contribution in [0.3, 0.4) is 0 Å². The number of halogens is 1. The van der Waals surface area contributed by atoms with Gasteiger partial charge in [0.25, 0.3) is 5.91 Å². The second-order valence-corrected chi connectivity index (χ2v) is 5.62. The molecule has 0 saturated heterocycles. The highest BCUT2D eigenvalue weighted by molar-refractivity contribution is 6.05. The Morgan fingerprint density at radius 3 is 2.46 bits per heavy atom. The Kier molecular flexibility index (Phi) is 4.42. The minimum Gasteiger partial charge on any atom is -0.319 e. The number of benzene rings is 2. The number of aromatic nitrogens is 2. The molecule has 0 spiro atoms. The highest BCUT2D eigenvalue weighted by Crippen LogP contribution is 2.19. The Hall–Kier alpha value is -2.95. The van der Waals surface area contributed by atoms with Crippen LogP contribution < -0.4 is 5.32 Å². The van der Waals surface area contributed by atoms with E-state index in [1.807, 2.05) is 37.3 Å². The Bertz CT molecular complexity index is 872. The Labute approximate surface area is 139 Å². The molecule has 1 heterocycles. The van der Waals surface area contributed by atoms with Crippen molar-refractivity contribution in [2.75, 3.05) is 5.32 Å². The zero-order valence-electron chi connectivity index (χ0n) is 13.6. The second kappa shape index (κ2) is 6.66. The SMILES string of the molecule is Cc1nn(Cc2ccccc2)c(C)c1C(=O)Nc1ccccc1F. The molecule has 0 unspecified atom stereocenters. The number of aryl methyl sites for hydroxylation is 1. The Morgan fingerprint density at radius 2 is 1.75 bits per heavy atom. The number of anilines is 1. The van der Waals surface area contributed by atoms with E-state index >= 15 is 0 Å². The van der Waals surface area contributed by atoms with E-state index in [0.717, 1.165) is 11.3 Å². The van der Waals surface area contributed by atoms with Crippen molar-refractivity contribution >= 4 is 11.6 Å². The second-order valence-electron chi connectivity index (χ2n) is 5.62. The molecule has 1 amide bonds. The zero-order valence-corrected chi connectivity index (χ0v) is 13.6. The lowest BCUT2D eigenvalue weighted by molar-refractivity contribution is 0.102. The van der Waals surface area contributed by atoms with E-state index in [1.165, 1.54) is 12.1 Å². The van der Waals surface area contributed by atoms with Crippen LogP contribution in [0, 0.1) is 19.7 Å². The quantitative estimate of drug-likeness (QED) is 0.790. The first-order valence-corrected chi connectivity index (χ1v) is 7.70. The zero-order chi connectivity index (χ0) is 17.1. The molecule has 1 N–H and O–H groups in total. The number of carbonyl (C=O) groups is 1. The Morgan fingerprint density at radius 1 is 1.08 bits per heavy atom. The molecule has 0 bridgehead atoms. The van der Waals surface area contributed by atoms with Crippen LogP contribution in [0.2, 0.25) is 0 Å². The van der Waals surface area contributed by atoms with E-state index in [0.29, 0.717) is 17.8 Å². The number of carbonyl (C=O) groups excluding carboxylic acids is 1. The number of rotatable bonds is 4. The maximum absolute atomic E-state index is 13.7. The van der Waals surface area contributed by atoms with E-state index in [1.54, 1.807) is 23.7 Å². The number of hydrogen-bond acceptors (Lipinski definition) is 2. The van der Waals surface area contributed by atoms with E-state index in [4.69, 9.17) is 0 Å². The van der Waals surface area contributed by atoms with Gasteiger partial charge in [0.15, 0.2) is 0 Å². The van der Waals surface area contributed by atoms with Gasteiger partial charge in [0, 0.05) is 5.69 Å². The summed E-state index contributed by atoms with van der Waals surface area (Å²) in [6, 6.07) is 16.0. The summed E-state index contributed by atoms with van der Waals surface area (Å²) in [5.74, 6) is -0.813. The molecule has 0 fully saturated rings. The molecule has 0 aliphatic rings. The number of para-hydroxylation sites is 1. The van der Waals surface area contributed by atoms with Crippen molar-refractivity contribution in [1.82, 2.24) is 9.78 Å². The van der Waals surface area contributed by atoms with Gasteiger partial charge in [-0.05, 0) is 31.5 Å². The molecule has 5 heteroatoms. The molecular weight excluding hydrogens is 305 g/mol. The van der Waals surface area contributed by atoms with E-state index in [9.17, 15) is 9.18 Å². The minimum absolute atomic E-state index is 0.164. The van der Waals surface area contributed by atoms with Crippen molar-refractivity contribution in [2.24, 2.45) is 0 Å². The van der Waals surface area contributed by atoms with Crippen LogP contribution in [0.4, 0.5) is 10.1 Å². The van der Waals surface area contributed by atoms with Crippen LogP contribution in [-0.2, 0) is 6.54 Å². The third-order valence-electron chi connectivity index (χ3n) is 3.91. The molecule has 0 aliphatic heterocycles. The third kappa shape index (κ3) is 3.20. The van der Waals surface area contributed by atoms with Gasteiger partial charge in [-0.15, -0.1) is 0 Å². The summed E-state index contributed by atoms with van der Waals surface area (Å²) in [6.45, 7) is 4.21. The standard InChI is InChI=1S/C19H18FN3O/c1-13-18(19(24)21-17-11-7-6-10-16(17)20)14(2)23(22-13)12-15-8-4-3-5-9-15/h3-11H,12H2,1-2H3,(H,21,24). The molecule has 1 aromatic heterocycles. The summed E-state index contributed by atoms with van der Waals surface area (Å²) in [7, 11) is 0. The summed E-state index contributed by atoms with van der Waals surface area (Å²) in [5.41, 5.74) is 3.12. The fourth-order valence-electron chi connectivity index (χ4n) is 2.68. The van der Waals surface area contributed by atoms with Crippen LogP contribution in [0.15, 0.2) is 54.6 Å². The predicted octanol–water partition coefficient (Wildman–Crippen LogP) is 3.94. The first kappa shape index (κ1) is 15.9. The summed E-state index contributed by atoms with van der Waals surface area (Å²) < 4.78 is 15.5. The van der Waals surface area contributed by atoms with Crippen molar-refractivity contribution in [3.05, 3.63) is 82.9 Å². The molecule has 122 valence electrons. The summed E-state index contributed by atoms with van der Waals surface area (Å²) in [4.78, 5) is 12.5. The van der Waals surface area contributed by atoms with Gasteiger partial charge in [-0.25, -0.2) is 4.39 Å². The number of amides is 1. The van der Waals surface area contributed by atoms with Crippen LogP contribution in [0.5, 0.6) is 0 Å². The largest absolute Gasteiger partial charge is 0.319 e. The fourth-order valence-corrected chi connectivity index (χ4v) is 2.68. The van der Waals surface area contributed by atoms with Gasteiger partial charge in [-0.3, -0.25) is 9.48 Å².